The number of ether oxygens (including phenoxy) is 2. The Labute approximate surface area is 81.6 Å². The molecule has 3 heteroatoms. The van der Waals surface area contributed by atoms with Crippen molar-refractivity contribution in [1.29, 1.82) is 0 Å². The molecule has 0 saturated heterocycles. The lowest BCUT2D eigenvalue weighted by Gasteiger charge is -2.03. The van der Waals surface area contributed by atoms with Crippen LogP contribution in [0.15, 0.2) is 0 Å². The summed E-state index contributed by atoms with van der Waals surface area (Å²) >= 11 is 0. The summed E-state index contributed by atoms with van der Waals surface area (Å²) in [4.78, 5) is 0. The fourth-order valence-corrected chi connectivity index (χ4v) is 0.942. The minimum Gasteiger partial charge on any atom is -0.381 e. The highest BCUT2D eigenvalue weighted by molar-refractivity contribution is 4.39. The molecule has 0 aromatic heterocycles. The molecule has 0 aliphatic carbocycles. The second-order valence-corrected chi connectivity index (χ2v) is 3.07. The zero-order valence-corrected chi connectivity index (χ0v) is 8.76. The van der Waals surface area contributed by atoms with Gasteiger partial charge in [0.1, 0.15) is 0 Å². The number of hydrogen-bond donors (Lipinski definition) is 1. The van der Waals surface area contributed by atoms with E-state index >= 15 is 0 Å². The predicted molar refractivity (Wildman–Crippen MR) is 54.8 cm³/mol. The van der Waals surface area contributed by atoms with Gasteiger partial charge in [-0.05, 0) is 19.3 Å². The second-order valence-electron chi connectivity index (χ2n) is 3.07. The first-order chi connectivity index (χ1) is 6.41. The zero-order valence-electron chi connectivity index (χ0n) is 8.76. The van der Waals surface area contributed by atoms with E-state index in [1.807, 2.05) is 0 Å². The van der Waals surface area contributed by atoms with Crippen LogP contribution in [0, 0.1) is 0 Å². The van der Waals surface area contributed by atoms with Crippen molar-refractivity contribution >= 4 is 0 Å². The van der Waals surface area contributed by atoms with Gasteiger partial charge >= 0.3 is 0 Å². The maximum Gasteiger partial charge on any atom is 0.0588 e. The third-order valence-corrected chi connectivity index (χ3v) is 1.73. The third kappa shape index (κ3) is 11.9. The number of nitrogens with two attached hydrogens (primary N) is 1. The van der Waals surface area contributed by atoms with Crippen molar-refractivity contribution < 1.29 is 9.47 Å². The average molecular weight is 189 g/mol. The highest BCUT2D eigenvalue weighted by atomic mass is 16.5. The average Bonchev–Trinajstić information content (AvgIpc) is 2.16. The molecule has 0 atom stereocenters. The van der Waals surface area contributed by atoms with E-state index in [0.717, 1.165) is 32.7 Å². The molecule has 2 N–H and O–H groups in total. The lowest BCUT2D eigenvalue weighted by molar-refractivity contribution is 0.104. The third-order valence-electron chi connectivity index (χ3n) is 1.73. The molecule has 0 aliphatic rings. The van der Waals surface area contributed by atoms with Crippen molar-refractivity contribution in [3.05, 3.63) is 0 Å². The molecule has 0 spiro atoms. The van der Waals surface area contributed by atoms with Gasteiger partial charge in [0.05, 0.1) is 6.61 Å². The van der Waals surface area contributed by atoms with Crippen LogP contribution in [0.5, 0.6) is 0 Å². The summed E-state index contributed by atoms with van der Waals surface area (Å²) in [5.41, 5.74) is 5.27. The van der Waals surface area contributed by atoms with Crippen molar-refractivity contribution in [3.63, 3.8) is 0 Å². The van der Waals surface area contributed by atoms with Gasteiger partial charge in [0.25, 0.3) is 0 Å². The Morgan fingerprint density at radius 3 is 1.92 bits per heavy atom. The Morgan fingerprint density at radius 1 is 0.846 bits per heavy atom. The summed E-state index contributed by atoms with van der Waals surface area (Å²) < 4.78 is 10.6. The molecular formula is C10H23NO2. The molecule has 0 amide bonds. The van der Waals surface area contributed by atoms with Gasteiger partial charge in [0, 0.05) is 26.4 Å². The molecule has 0 saturated carbocycles. The minimum absolute atomic E-state index is 0.618. The molecule has 0 unspecified atom stereocenters. The lowest BCUT2D eigenvalue weighted by Crippen LogP contribution is -2.09. The van der Waals surface area contributed by atoms with Crippen LogP contribution in [0.25, 0.3) is 0 Å². The molecule has 80 valence electrons. The second kappa shape index (κ2) is 11.9. The van der Waals surface area contributed by atoms with E-state index in [0.29, 0.717) is 13.2 Å². The Bertz CT molecular complexity index is 79.0. The summed E-state index contributed by atoms with van der Waals surface area (Å²) in [5.74, 6) is 0. The number of unbranched alkanes of at least 4 members (excludes halogenated alkanes) is 2. The smallest absolute Gasteiger partial charge is 0.0588 e. The van der Waals surface area contributed by atoms with E-state index < -0.39 is 0 Å². The molecule has 0 radical (unpaired) electrons. The Kier molecular flexibility index (Phi) is 11.8. The molecule has 0 aromatic rings. The van der Waals surface area contributed by atoms with Crippen molar-refractivity contribution in [2.75, 3.05) is 33.0 Å². The van der Waals surface area contributed by atoms with E-state index in [1.165, 1.54) is 12.8 Å². The Hall–Kier alpha value is -0.120. The molecule has 0 fully saturated rings. The van der Waals surface area contributed by atoms with Crippen LogP contribution in [-0.4, -0.2) is 33.0 Å². The summed E-state index contributed by atoms with van der Waals surface area (Å²) in [6.45, 7) is 6.05. The topological polar surface area (TPSA) is 44.5 Å². The van der Waals surface area contributed by atoms with Crippen LogP contribution in [0.3, 0.4) is 0 Å². The summed E-state index contributed by atoms with van der Waals surface area (Å²) in [6, 6.07) is 0. The fraction of sp³-hybridized carbons (Fsp3) is 1.00. The van der Waals surface area contributed by atoms with Gasteiger partial charge in [-0.15, -0.1) is 0 Å². The fourth-order valence-electron chi connectivity index (χ4n) is 0.942. The Balaban J connectivity index is 2.76. The van der Waals surface area contributed by atoms with E-state index in [2.05, 4.69) is 6.92 Å². The highest BCUT2D eigenvalue weighted by Gasteiger charge is 1.90. The van der Waals surface area contributed by atoms with Crippen LogP contribution in [0.2, 0.25) is 0 Å². The Morgan fingerprint density at radius 2 is 1.38 bits per heavy atom. The predicted octanol–water partition coefficient (Wildman–Crippen LogP) is 1.56. The highest BCUT2D eigenvalue weighted by Crippen LogP contribution is 1.93. The molecule has 0 rings (SSSR count). The first-order valence-electron chi connectivity index (χ1n) is 5.27. The molecule has 0 aliphatic heterocycles. The standard InChI is InChI=1S/C10H23NO2/c1-2-3-7-12-8-4-5-9-13-10-6-11/h2-11H2,1H3. The van der Waals surface area contributed by atoms with Crippen molar-refractivity contribution in [1.82, 2.24) is 0 Å². The molecular weight excluding hydrogens is 166 g/mol. The minimum atomic E-state index is 0.618. The van der Waals surface area contributed by atoms with Gasteiger partial charge in [-0.2, -0.15) is 0 Å². The van der Waals surface area contributed by atoms with Crippen LogP contribution in [-0.2, 0) is 9.47 Å². The van der Waals surface area contributed by atoms with Gasteiger partial charge in [-0.25, -0.2) is 0 Å². The molecule has 0 aromatic carbocycles. The van der Waals surface area contributed by atoms with Crippen molar-refractivity contribution in [2.45, 2.75) is 32.6 Å². The van der Waals surface area contributed by atoms with Gasteiger partial charge in [-0.3, -0.25) is 0 Å². The SMILES string of the molecule is CCCCOCCCCOCCN. The molecule has 0 bridgehead atoms. The van der Waals surface area contributed by atoms with E-state index in [9.17, 15) is 0 Å². The van der Waals surface area contributed by atoms with Crippen LogP contribution >= 0.6 is 0 Å². The van der Waals surface area contributed by atoms with Gasteiger partial charge < -0.3 is 15.2 Å². The number of hydrogen-bond acceptors (Lipinski definition) is 3. The molecule has 0 heterocycles. The van der Waals surface area contributed by atoms with Gasteiger partial charge in [0.15, 0.2) is 0 Å². The van der Waals surface area contributed by atoms with Crippen LogP contribution in [0.4, 0.5) is 0 Å². The molecule has 13 heavy (non-hydrogen) atoms. The van der Waals surface area contributed by atoms with Crippen LogP contribution < -0.4 is 5.73 Å². The summed E-state index contributed by atoms with van der Waals surface area (Å²) in [7, 11) is 0. The maximum absolute atomic E-state index is 5.40. The lowest BCUT2D eigenvalue weighted by atomic mass is 10.3. The number of rotatable bonds is 10. The van der Waals surface area contributed by atoms with Gasteiger partial charge in [0.2, 0.25) is 0 Å². The maximum atomic E-state index is 5.40. The van der Waals surface area contributed by atoms with Crippen molar-refractivity contribution in [3.8, 4) is 0 Å². The van der Waals surface area contributed by atoms with E-state index in [1.54, 1.807) is 0 Å². The van der Waals surface area contributed by atoms with Gasteiger partial charge in [-0.1, -0.05) is 13.3 Å². The monoisotopic (exact) mass is 189 g/mol. The quantitative estimate of drug-likeness (QED) is 0.530. The first-order valence-corrected chi connectivity index (χ1v) is 5.27. The van der Waals surface area contributed by atoms with E-state index in [4.69, 9.17) is 15.2 Å². The van der Waals surface area contributed by atoms with E-state index in [-0.39, 0.29) is 0 Å². The normalized spacial score (nSPS) is 10.6. The largest absolute Gasteiger partial charge is 0.381 e. The van der Waals surface area contributed by atoms with Crippen molar-refractivity contribution in [2.24, 2.45) is 5.73 Å². The van der Waals surface area contributed by atoms with Crippen LogP contribution in [0.1, 0.15) is 32.6 Å². The summed E-state index contributed by atoms with van der Waals surface area (Å²) in [6.07, 6.45) is 4.55. The molecule has 3 nitrogen and oxygen atoms in total. The summed E-state index contributed by atoms with van der Waals surface area (Å²) in [5, 5.41) is 0. The zero-order chi connectivity index (χ0) is 9.78. The first kappa shape index (κ1) is 12.9.